The van der Waals surface area contributed by atoms with Crippen LogP contribution >= 0.6 is 0 Å². The fourth-order valence-corrected chi connectivity index (χ4v) is 4.09. The zero-order chi connectivity index (χ0) is 12.5. The molecule has 1 aliphatic rings. The molecule has 1 saturated heterocycles. The van der Waals surface area contributed by atoms with Crippen LogP contribution in [-0.4, -0.2) is 36.8 Å². The molecule has 5 heteroatoms. The number of ether oxygens (including phenoxy) is 1. The summed E-state index contributed by atoms with van der Waals surface area (Å²) in [6.07, 6.45) is 0.961. The molecule has 0 bridgehead atoms. The third-order valence-corrected chi connectivity index (χ3v) is 4.57. The van der Waals surface area contributed by atoms with Crippen LogP contribution in [-0.2, 0) is 14.3 Å². The lowest BCUT2D eigenvalue weighted by Gasteiger charge is -2.34. The van der Waals surface area contributed by atoms with E-state index in [0.717, 1.165) is 0 Å². The summed E-state index contributed by atoms with van der Waals surface area (Å²) in [5.74, 6) is -0.145. The zero-order valence-electron chi connectivity index (χ0n) is 10.7. The topological polar surface area (TPSA) is 46.6 Å². The van der Waals surface area contributed by atoms with Gasteiger partial charge in [0.1, 0.15) is 6.04 Å². The van der Waals surface area contributed by atoms with Gasteiger partial charge in [-0.25, -0.2) is 4.79 Å². The van der Waals surface area contributed by atoms with E-state index in [4.69, 9.17) is 4.74 Å². The normalized spacial score (nSPS) is 21.8. The molecule has 4 nitrogen and oxygen atoms in total. The highest BCUT2D eigenvalue weighted by molar-refractivity contribution is 6.75. The van der Waals surface area contributed by atoms with E-state index in [1.54, 1.807) is 4.57 Å². The smallest absolute Gasteiger partial charge is 0.328 e. The maximum Gasteiger partial charge on any atom is 0.328 e. The number of nitrogens with zero attached hydrogens (tertiary/aromatic N) is 1. The summed E-state index contributed by atoms with van der Waals surface area (Å²) < 4.78 is 6.99. The molecule has 92 valence electrons. The van der Waals surface area contributed by atoms with E-state index in [2.05, 4.69) is 19.6 Å². The third-order valence-electron chi connectivity index (χ3n) is 2.56. The predicted octanol–water partition coefficient (Wildman–Crippen LogP) is 1.76. The minimum Gasteiger partial charge on any atom is -0.461 e. The van der Waals surface area contributed by atoms with Crippen molar-refractivity contribution in [3.8, 4) is 0 Å². The van der Waals surface area contributed by atoms with Crippen LogP contribution in [0.3, 0.4) is 0 Å². The van der Waals surface area contributed by atoms with Crippen molar-refractivity contribution in [3.63, 3.8) is 0 Å². The molecule has 0 radical (unpaired) electrons. The Bertz CT molecular complexity index is 296. The van der Waals surface area contributed by atoms with Gasteiger partial charge in [-0.3, -0.25) is 4.79 Å². The van der Waals surface area contributed by atoms with E-state index in [1.807, 2.05) is 13.8 Å². The van der Waals surface area contributed by atoms with Crippen LogP contribution in [0.1, 0.15) is 26.7 Å². The predicted molar refractivity (Wildman–Crippen MR) is 64.4 cm³/mol. The van der Waals surface area contributed by atoms with E-state index >= 15 is 0 Å². The van der Waals surface area contributed by atoms with Gasteiger partial charge in [0, 0.05) is 6.42 Å². The Labute approximate surface area is 98.0 Å². The van der Waals surface area contributed by atoms with Crippen molar-refractivity contribution in [2.24, 2.45) is 0 Å². The van der Waals surface area contributed by atoms with Crippen LogP contribution in [0.15, 0.2) is 0 Å². The second-order valence-electron chi connectivity index (χ2n) is 5.47. The van der Waals surface area contributed by atoms with Gasteiger partial charge in [-0.1, -0.05) is 19.6 Å². The maximum absolute atomic E-state index is 11.9. The fourth-order valence-electron chi connectivity index (χ4n) is 2.06. The second-order valence-corrected chi connectivity index (χ2v) is 10.3. The molecule has 1 aliphatic heterocycles. The van der Waals surface area contributed by atoms with Crippen LogP contribution in [0.2, 0.25) is 19.6 Å². The number of esters is 1. The minimum atomic E-state index is -1.78. The second kappa shape index (κ2) is 4.57. The van der Waals surface area contributed by atoms with Gasteiger partial charge in [0.15, 0.2) is 8.24 Å². The SMILES string of the molecule is CC(C)OC(=O)C1CCC(=O)N1[Si](C)(C)C. The monoisotopic (exact) mass is 243 g/mol. The number of rotatable bonds is 3. The summed E-state index contributed by atoms with van der Waals surface area (Å²) in [5, 5.41) is 0. The van der Waals surface area contributed by atoms with Crippen molar-refractivity contribution in [3.05, 3.63) is 0 Å². The Morgan fingerprint density at radius 2 is 2.00 bits per heavy atom. The Hall–Kier alpha value is -0.843. The number of carbonyl (C=O) groups excluding carboxylic acids is 2. The summed E-state index contributed by atoms with van der Waals surface area (Å²) in [5.41, 5.74) is 0. The first-order valence-electron chi connectivity index (χ1n) is 5.76. The summed E-state index contributed by atoms with van der Waals surface area (Å²) >= 11 is 0. The molecule has 0 saturated carbocycles. The molecule has 1 fully saturated rings. The van der Waals surface area contributed by atoms with Crippen molar-refractivity contribution in [1.82, 2.24) is 4.57 Å². The lowest BCUT2D eigenvalue weighted by Crippen LogP contribution is -2.54. The average Bonchev–Trinajstić information content (AvgIpc) is 2.44. The van der Waals surface area contributed by atoms with Gasteiger partial charge in [-0.2, -0.15) is 0 Å². The van der Waals surface area contributed by atoms with Gasteiger partial charge in [0.25, 0.3) is 0 Å². The van der Waals surface area contributed by atoms with Crippen molar-refractivity contribution >= 4 is 20.1 Å². The average molecular weight is 243 g/mol. The Kier molecular flexibility index (Phi) is 3.78. The van der Waals surface area contributed by atoms with Gasteiger partial charge in [0.2, 0.25) is 5.91 Å². The number of amides is 1. The Balaban J connectivity index is 2.80. The molecule has 0 aliphatic carbocycles. The molecule has 16 heavy (non-hydrogen) atoms. The lowest BCUT2D eigenvalue weighted by atomic mass is 10.2. The number of carbonyl (C=O) groups is 2. The van der Waals surface area contributed by atoms with E-state index in [0.29, 0.717) is 12.8 Å². The minimum absolute atomic E-state index is 0.102. The summed E-state index contributed by atoms with van der Waals surface area (Å²) in [6, 6.07) is -0.346. The Morgan fingerprint density at radius 3 is 2.44 bits per heavy atom. The van der Waals surface area contributed by atoms with E-state index in [9.17, 15) is 9.59 Å². The molecular formula is C11H21NO3Si. The lowest BCUT2D eigenvalue weighted by molar-refractivity contribution is -0.153. The van der Waals surface area contributed by atoms with Crippen LogP contribution in [0.5, 0.6) is 0 Å². The molecule has 1 heterocycles. The van der Waals surface area contributed by atoms with Gasteiger partial charge in [-0.15, -0.1) is 0 Å². The van der Waals surface area contributed by atoms with E-state index < -0.39 is 8.24 Å². The molecular weight excluding hydrogens is 222 g/mol. The van der Waals surface area contributed by atoms with Crippen LogP contribution in [0.4, 0.5) is 0 Å². The largest absolute Gasteiger partial charge is 0.461 e. The van der Waals surface area contributed by atoms with Crippen molar-refractivity contribution in [1.29, 1.82) is 0 Å². The highest BCUT2D eigenvalue weighted by Gasteiger charge is 2.43. The number of hydrogen-bond acceptors (Lipinski definition) is 3. The van der Waals surface area contributed by atoms with Gasteiger partial charge < -0.3 is 9.30 Å². The molecule has 1 unspecified atom stereocenters. The maximum atomic E-state index is 11.9. The molecule has 1 atom stereocenters. The molecule has 1 amide bonds. The van der Waals surface area contributed by atoms with Crippen LogP contribution < -0.4 is 0 Å². The van der Waals surface area contributed by atoms with Crippen LogP contribution in [0, 0.1) is 0 Å². The molecule has 0 aromatic carbocycles. The van der Waals surface area contributed by atoms with Crippen molar-refractivity contribution in [2.45, 2.75) is 58.5 Å². The third kappa shape index (κ3) is 2.84. The highest BCUT2D eigenvalue weighted by Crippen LogP contribution is 2.26. The van der Waals surface area contributed by atoms with E-state index in [-0.39, 0.29) is 24.0 Å². The molecule has 0 aromatic heterocycles. The van der Waals surface area contributed by atoms with Crippen molar-refractivity contribution in [2.75, 3.05) is 0 Å². The van der Waals surface area contributed by atoms with Crippen molar-refractivity contribution < 1.29 is 14.3 Å². The summed E-state index contributed by atoms with van der Waals surface area (Å²) in [4.78, 5) is 23.6. The standard InChI is InChI=1S/C11H21NO3Si/c1-8(2)15-11(14)9-6-7-10(13)12(9)16(3,4)5/h8-9H,6-7H2,1-5H3. The first-order chi connectivity index (χ1) is 7.23. The molecule has 0 spiro atoms. The van der Waals surface area contributed by atoms with Crippen LogP contribution in [0.25, 0.3) is 0 Å². The molecule has 0 N–H and O–H groups in total. The van der Waals surface area contributed by atoms with Gasteiger partial charge >= 0.3 is 5.97 Å². The quantitative estimate of drug-likeness (QED) is 0.560. The van der Waals surface area contributed by atoms with Gasteiger partial charge in [-0.05, 0) is 20.3 Å². The van der Waals surface area contributed by atoms with Gasteiger partial charge in [0.05, 0.1) is 6.10 Å². The molecule has 0 aromatic rings. The zero-order valence-corrected chi connectivity index (χ0v) is 11.7. The van der Waals surface area contributed by atoms with E-state index in [1.165, 1.54) is 0 Å². The highest BCUT2D eigenvalue weighted by atomic mass is 28.3. The first-order valence-corrected chi connectivity index (χ1v) is 9.21. The summed E-state index contributed by atoms with van der Waals surface area (Å²) in [6.45, 7) is 9.88. The fraction of sp³-hybridized carbons (Fsp3) is 0.818. The molecule has 1 rings (SSSR count). The first kappa shape index (κ1) is 13.2. The number of hydrogen-bond donors (Lipinski definition) is 0. The Morgan fingerprint density at radius 1 is 1.44 bits per heavy atom. The summed E-state index contributed by atoms with van der Waals surface area (Å²) in [7, 11) is -1.78.